The Balaban J connectivity index is 2.08. The van der Waals surface area contributed by atoms with Crippen LogP contribution in [0.1, 0.15) is 5.82 Å². The number of rotatable bonds is 4. The van der Waals surface area contributed by atoms with Gasteiger partial charge in [0.1, 0.15) is 17.7 Å². The molecule has 8 nitrogen and oxygen atoms in total. The lowest BCUT2D eigenvalue weighted by atomic mass is 10.2. The third-order valence-corrected chi connectivity index (χ3v) is 2.91. The van der Waals surface area contributed by atoms with Gasteiger partial charge < -0.3 is 15.5 Å². The average molecular weight is 247 g/mol. The SMILES string of the molecule is COC(CN)Cc1nnc2c3[nH]cnc3ncn12. The van der Waals surface area contributed by atoms with Crippen molar-refractivity contribution in [2.75, 3.05) is 13.7 Å². The first-order valence-corrected chi connectivity index (χ1v) is 5.58. The quantitative estimate of drug-likeness (QED) is 0.644. The maximum atomic E-state index is 5.60. The molecule has 0 saturated heterocycles. The highest BCUT2D eigenvalue weighted by atomic mass is 16.5. The molecule has 8 heteroatoms. The van der Waals surface area contributed by atoms with E-state index in [0.717, 1.165) is 11.3 Å². The summed E-state index contributed by atoms with van der Waals surface area (Å²) in [6.07, 6.45) is 3.77. The Labute approximate surface area is 102 Å². The van der Waals surface area contributed by atoms with E-state index in [0.29, 0.717) is 24.3 Å². The van der Waals surface area contributed by atoms with Crippen LogP contribution in [0.4, 0.5) is 0 Å². The molecule has 0 bridgehead atoms. The lowest BCUT2D eigenvalue weighted by molar-refractivity contribution is 0.108. The van der Waals surface area contributed by atoms with Gasteiger partial charge in [-0.05, 0) is 0 Å². The van der Waals surface area contributed by atoms with E-state index in [1.54, 1.807) is 19.8 Å². The fourth-order valence-electron chi connectivity index (χ4n) is 1.88. The Kier molecular flexibility index (Phi) is 2.65. The summed E-state index contributed by atoms with van der Waals surface area (Å²) in [5, 5.41) is 8.30. The zero-order valence-electron chi connectivity index (χ0n) is 9.87. The highest BCUT2D eigenvalue weighted by molar-refractivity contribution is 5.84. The van der Waals surface area contributed by atoms with Gasteiger partial charge in [-0.3, -0.25) is 4.40 Å². The van der Waals surface area contributed by atoms with Crippen LogP contribution in [0.2, 0.25) is 0 Å². The minimum absolute atomic E-state index is 0.0742. The number of ether oxygens (including phenoxy) is 1. The predicted molar refractivity (Wildman–Crippen MR) is 64.0 cm³/mol. The summed E-state index contributed by atoms with van der Waals surface area (Å²) in [4.78, 5) is 11.3. The molecule has 0 aliphatic heterocycles. The Bertz CT molecular complexity index is 669. The lowest BCUT2D eigenvalue weighted by Gasteiger charge is -2.10. The van der Waals surface area contributed by atoms with E-state index in [9.17, 15) is 0 Å². The number of imidazole rings is 1. The Hall–Kier alpha value is -2.06. The molecular weight excluding hydrogens is 234 g/mol. The number of aromatic nitrogens is 6. The number of hydrogen-bond donors (Lipinski definition) is 2. The monoisotopic (exact) mass is 247 g/mol. The van der Waals surface area contributed by atoms with Gasteiger partial charge in [-0.15, -0.1) is 10.2 Å². The van der Waals surface area contributed by atoms with Crippen LogP contribution in [-0.2, 0) is 11.2 Å². The predicted octanol–water partition coefficient (Wildman–Crippen LogP) is -0.483. The van der Waals surface area contributed by atoms with Gasteiger partial charge >= 0.3 is 0 Å². The summed E-state index contributed by atoms with van der Waals surface area (Å²) in [5.41, 5.74) is 7.72. The molecule has 3 heterocycles. The second-order valence-electron chi connectivity index (χ2n) is 3.95. The lowest BCUT2D eigenvalue weighted by Crippen LogP contribution is -2.25. The molecule has 1 unspecified atom stereocenters. The second kappa shape index (κ2) is 4.31. The fraction of sp³-hybridized carbons (Fsp3) is 0.400. The molecule has 1 atom stereocenters. The van der Waals surface area contributed by atoms with Crippen LogP contribution in [0.15, 0.2) is 12.7 Å². The molecule has 0 aliphatic carbocycles. The summed E-state index contributed by atoms with van der Waals surface area (Å²) in [5.74, 6) is 0.770. The molecule has 0 amide bonds. The van der Waals surface area contributed by atoms with Gasteiger partial charge in [0.05, 0.1) is 12.4 Å². The van der Waals surface area contributed by atoms with Crippen molar-refractivity contribution in [3.05, 3.63) is 18.5 Å². The van der Waals surface area contributed by atoms with E-state index in [1.165, 1.54) is 0 Å². The van der Waals surface area contributed by atoms with E-state index >= 15 is 0 Å². The first-order chi connectivity index (χ1) is 8.83. The Morgan fingerprint density at radius 2 is 2.33 bits per heavy atom. The van der Waals surface area contributed by atoms with Crippen LogP contribution >= 0.6 is 0 Å². The minimum atomic E-state index is -0.0742. The number of fused-ring (bicyclic) bond motifs is 3. The zero-order chi connectivity index (χ0) is 12.5. The number of nitrogens with one attached hydrogen (secondary N) is 1. The largest absolute Gasteiger partial charge is 0.380 e. The van der Waals surface area contributed by atoms with Gasteiger partial charge in [-0.2, -0.15) is 0 Å². The van der Waals surface area contributed by atoms with Gasteiger partial charge in [0.2, 0.25) is 0 Å². The first kappa shape index (κ1) is 11.1. The van der Waals surface area contributed by atoms with Crippen molar-refractivity contribution in [1.29, 1.82) is 0 Å². The van der Waals surface area contributed by atoms with Crippen LogP contribution in [0.5, 0.6) is 0 Å². The molecule has 0 saturated carbocycles. The van der Waals surface area contributed by atoms with Crippen LogP contribution in [-0.4, -0.2) is 49.3 Å². The number of hydrogen-bond acceptors (Lipinski definition) is 6. The minimum Gasteiger partial charge on any atom is -0.380 e. The van der Waals surface area contributed by atoms with Crippen molar-refractivity contribution in [3.63, 3.8) is 0 Å². The average Bonchev–Trinajstić information content (AvgIpc) is 3.01. The van der Waals surface area contributed by atoms with E-state index < -0.39 is 0 Å². The van der Waals surface area contributed by atoms with Crippen molar-refractivity contribution in [2.24, 2.45) is 5.73 Å². The maximum absolute atomic E-state index is 5.60. The summed E-state index contributed by atoms with van der Waals surface area (Å²) in [6.45, 7) is 0.436. The smallest absolute Gasteiger partial charge is 0.189 e. The maximum Gasteiger partial charge on any atom is 0.189 e. The van der Waals surface area contributed by atoms with Crippen molar-refractivity contribution in [3.8, 4) is 0 Å². The molecule has 3 N–H and O–H groups in total. The Morgan fingerprint density at radius 1 is 1.44 bits per heavy atom. The first-order valence-electron chi connectivity index (χ1n) is 5.58. The molecule has 0 radical (unpaired) electrons. The number of nitrogens with zero attached hydrogens (tertiary/aromatic N) is 5. The van der Waals surface area contributed by atoms with Crippen molar-refractivity contribution in [2.45, 2.75) is 12.5 Å². The van der Waals surface area contributed by atoms with E-state index in [4.69, 9.17) is 10.5 Å². The number of nitrogens with two attached hydrogens (primary N) is 1. The topological polar surface area (TPSA) is 107 Å². The highest BCUT2D eigenvalue weighted by Crippen LogP contribution is 2.13. The number of H-pyrrole nitrogens is 1. The summed E-state index contributed by atoms with van der Waals surface area (Å²) in [6, 6.07) is 0. The second-order valence-corrected chi connectivity index (χ2v) is 3.95. The van der Waals surface area contributed by atoms with Crippen LogP contribution in [0.3, 0.4) is 0 Å². The van der Waals surface area contributed by atoms with Crippen LogP contribution in [0, 0.1) is 0 Å². The third-order valence-electron chi connectivity index (χ3n) is 2.91. The van der Waals surface area contributed by atoms with E-state index in [2.05, 4.69) is 25.1 Å². The number of methoxy groups -OCH3 is 1. The molecule has 94 valence electrons. The molecular formula is C10H13N7O. The van der Waals surface area contributed by atoms with Crippen LogP contribution in [0.25, 0.3) is 16.8 Å². The van der Waals surface area contributed by atoms with Crippen molar-refractivity contribution in [1.82, 2.24) is 29.5 Å². The molecule has 3 aromatic rings. The van der Waals surface area contributed by atoms with Gasteiger partial charge in [0, 0.05) is 20.1 Å². The molecule has 0 aromatic carbocycles. The highest BCUT2D eigenvalue weighted by Gasteiger charge is 2.14. The van der Waals surface area contributed by atoms with Crippen molar-refractivity contribution < 1.29 is 4.74 Å². The van der Waals surface area contributed by atoms with Gasteiger partial charge in [0.15, 0.2) is 11.3 Å². The standard InChI is InChI=1S/C10H13N7O/c1-18-6(3-11)2-7-15-16-10-8-9(13-4-12-8)14-5-17(7)10/h4-6H,2-3,11H2,1H3,(H,12,13). The zero-order valence-corrected chi connectivity index (χ0v) is 9.87. The van der Waals surface area contributed by atoms with Crippen LogP contribution < -0.4 is 5.73 Å². The van der Waals surface area contributed by atoms with Gasteiger partial charge in [0.25, 0.3) is 0 Å². The molecule has 0 spiro atoms. The summed E-state index contributed by atoms with van der Waals surface area (Å²) in [7, 11) is 1.63. The molecule has 0 fully saturated rings. The third kappa shape index (κ3) is 1.62. The normalized spacial score (nSPS) is 13.4. The fourth-order valence-corrected chi connectivity index (χ4v) is 1.88. The summed E-state index contributed by atoms with van der Waals surface area (Å²) < 4.78 is 7.07. The Morgan fingerprint density at radius 3 is 3.11 bits per heavy atom. The number of aromatic amines is 1. The molecule has 3 aromatic heterocycles. The van der Waals surface area contributed by atoms with E-state index in [1.807, 2.05) is 4.40 Å². The van der Waals surface area contributed by atoms with Gasteiger partial charge in [-0.25, -0.2) is 9.97 Å². The molecule has 18 heavy (non-hydrogen) atoms. The molecule has 0 aliphatic rings. The summed E-state index contributed by atoms with van der Waals surface area (Å²) >= 11 is 0. The van der Waals surface area contributed by atoms with E-state index in [-0.39, 0.29) is 6.10 Å². The van der Waals surface area contributed by atoms with Gasteiger partial charge in [-0.1, -0.05) is 0 Å². The van der Waals surface area contributed by atoms with Crippen molar-refractivity contribution >= 4 is 16.8 Å². The molecule has 3 rings (SSSR count).